The highest BCUT2D eigenvalue weighted by Crippen LogP contribution is 2.18. The average Bonchev–Trinajstić information content (AvgIpc) is 2.68. The molecule has 0 unspecified atom stereocenters. The molecule has 17 heavy (non-hydrogen) atoms. The lowest BCUT2D eigenvalue weighted by atomic mass is 10.1. The van der Waals surface area contributed by atoms with Crippen LogP contribution >= 0.6 is 0 Å². The van der Waals surface area contributed by atoms with Crippen molar-refractivity contribution < 1.29 is 9.50 Å². The standard InChI is InChI=1S/C14H20FNO/c1-10-9-12(15)6-5-11(10)7-8-16-13-3-2-4-14(13)17/h5-6,9,13-14,16-17H,2-4,7-8H2,1H3/t13-,14-/m1/s1. The largest absolute Gasteiger partial charge is 0.392 e. The van der Waals surface area contributed by atoms with Crippen molar-refractivity contribution in [3.05, 3.63) is 35.1 Å². The van der Waals surface area contributed by atoms with E-state index >= 15 is 0 Å². The zero-order chi connectivity index (χ0) is 12.3. The van der Waals surface area contributed by atoms with Crippen LogP contribution in [0.25, 0.3) is 0 Å². The van der Waals surface area contributed by atoms with Crippen molar-refractivity contribution in [2.45, 2.75) is 44.8 Å². The molecule has 1 fully saturated rings. The summed E-state index contributed by atoms with van der Waals surface area (Å²) in [7, 11) is 0. The summed E-state index contributed by atoms with van der Waals surface area (Å²) in [6.45, 7) is 2.77. The third-order valence-electron chi connectivity index (χ3n) is 3.58. The third kappa shape index (κ3) is 3.27. The molecule has 2 rings (SSSR count). The molecular formula is C14H20FNO. The van der Waals surface area contributed by atoms with Gasteiger partial charge in [0.25, 0.3) is 0 Å². The molecule has 0 aliphatic heterocycles. The molecule has 0 heterocycles. The van der Waals surface area contributed by atoms with Gasteiger partial charge in [-0.2, -0.15) is 0 Å². The van der Waals surface area contributed by atoms with E-state index < -0.39 is 0 Å². The Bertz CT molecular complexity index is 380. The minimum Gasteiger partial charge on any atom is -0.392 e. The maximum atomic E-state index is 12.9. The maximum absolute atomic E-state index is 12.9. The van der Waals surface area contributed by atoms with E-state index in [0.29, 0.717) is 0 Å². The molecule has 2 N–H and O–H groups in total. The normalized spacial score (nSPS) is 24.2. The molecule has 94 valence electrons. The summed E-state index contributed by atoms with van der Waals surface area (Å²) >= 11 is 0. The molecule has 0 spiro atoms. The Labute approximate surface area is 102 Å². The first kappa shape index (κ1) is 12.5. The van der Waals surface area contributed by atoms with E-state index in [1.54, 1.807) is 6.07 Å². The summed E-state index contributed by atoms with van der Waals surface area (Å²) < 4.78 is 12.9. The Morgan fingerprint density at radius 1 is 1.41 bits per heavy atom. The van der Waals surface area contributed by atoms with Gasteiger partial charge in [-0.3, -0.25) is 0 Å². The molecule has 0 radical (unpaired) electrons. The van der Waals surface area contributed by atoms with Crippen molar-refractivity contribution in [2.24, 2.45) is 0 Å². The molecule has 1 aliphatic rings. The van der Waals surface area contributed by atoms with Crippen LogP contribution in [0.5, 0.6) is 0 Å². The van der Waals surface area contributed by atoms with Crippen LogP contribution in [0.3, 0.4) is 0 Å². The lowest BCUT2D eigenvalue weighted by Crippen LogP contribution is -2.36. The molecular weight excluding hydrogens is 217 g/mol. The van der Waals surface area contributed by atoms with Crippen LogP contribution < -0.4 is 5.32 Å². The van der Waals surface area contributed by atoms with E-state index in [9.17, 15) is 9.50 Å². The van der Waals surface area contributed by atoms with Crippen molar-refractivity contribution in [2.75, 3.05) is 6.54 Å². The van der Waals surface area contributed by atoms with Crippen molar-refractivity contribution >= 4 is 0 Å². The van der Waals surface area contributed by atoms with Gasteiger partial charge in [-0.05, 0) is 62.4 Å². The van der Waals surface area contributed by atoms with Gasteiger partial charge in [-0.1, -0.05) is 6.07 Å². The number of aliphatic hydroxyl groups excluding tert-OH is 1. The summed E-state index contributed by atoms with van der Waals surface area (Å²) in [5.41, 5.74) is 2.17. The molecule has 0 bridgehead atoms. The van der Waals surface area contributed by atoms with Gasteiger partial charge < -0.3 is 10.4 Å². The molecule has 0 aromatic heterocycles. The molecule has 3 heteroatoms. The van der Waals surface area contributed by atoms with E-state index in [0.717, 1.165) is 37.8 Å². The molecule has 1 saturated carbocycles. The van der Waals surface area contributed by atoms with Gasteiger partial charge in [0.2, 0.25) is 0 Å². The molecule has 2 nitrogen and oxygen atoms in total. The van der Waals surface area contributed by atoms with Gasteiger partial charge in [0.05, 0.1) is 6.10 Å². The predicted molar refractivity (Wildman–Crippen MR) is 66.5 cm³/mol. The molecule has 0 saturated heterocycles. The Morgan fingerprint density at radius 3 is 2.88 bits per heavy atom. The first-order valence-electron chi connectivity index (χ1n) is 6.33. The topological polar surface area (TPSA) is 32.3 Å². The lowest BCUT2D eigenvalue weighted by molar-refractivity contribution is 0.149. The maximum Gasteiger partial charge on any atom is 0.123 e. The quantitative estimate of drug-likeness (QED) is 0.841. The third-order valence-corrected chi connectivity index (χ3v) is 3.58. The van der Waals surface area contributed by atoms with Crippen molar-refractivity contribution in [1.29, 1.82) is 0 Å². The highest BCUT2D eigenvalue weighted by molar-refractivity contribution is 5.26. The van der Waals surface area contributed by atoms with Gasteiger partial charge >= 0.3 is 0 Å². The van der Waals surface area contributed by atoms with Crippen molar-refractivity contribution in [3.8, 4) is 0 Å². The van der Waals surface area contributed by atoms with Gasteiger partial charge in [0.1, 0.15) is 5.82 Å². The van der Waals surface area contributed by atoms with Crippen LogP contribution in [0.15, 0.2) is 18.2 Å². The Morgan fingerprint density at radius 2 is 2.24 bits per heavy atom. The Hall–Kier alpha value is -0.930. The minimum absolute atomic E-state index is 0.176. The van der Waals surface area contributed by atoms with Gasteiger partial charge in [-0.15, -0.1) is 0 Å². The molecule has 0 amide bonds. The van der Waals surface area contributed by atoms with E-state index in [2.05, 4.69) is 5.32 Å². The van der Waals surface area contributed by atoms with Crippen LogP contribution in [-0.4, -0.2) is 23.8 Å². The first-order chi connectivity index (χ1) is 8.16. The molecule has 2 atom stereocenters. The molecule has 1 aromatic rings. The number of halogens is 1. The van der Waals surface area contributed by atoms with Crippen LogP contribution in [-0.2, 0) is 6.42 Å². The lowest BCUT2D eigenvalue weighted by Gasteiger charge is -2.16. The summed E-state index contributed by atoms with van der Waals surface area (Å²) in [6.07, 6.45) is 3.77. The number of aliphatic hydroxyl groups is 1. The summed E-state index contributed by atoms with van der Waals surface area (Å²) in [6, 6.07) is 5.17. The number of nitrogens with one attached hydrogen (secondary N) is 1. The van der Waals surface area contributed by atoms with Crippen LogP contribution in [0.2, 0.25) is 0 Å². The fourth-order valence-electron chi connectivity index (χ4n) is 2.51. The number of hydrogen-bond acceptors (Lipinski definition) is 2. The summed E-state index contributed by atoms with van der Waals surface area (Å²) in [5.74, 6) is -0.176. The number of aryl methyl sites for hydroxylation is 1. The van der Waals surface area contributed by atoms with Gasteiger partial charge in [-0.25, -0.2) is 4.39 Å². The second-order valence-electron chi connectivity index (χ2n) is 4.88. The van der Waals surface area contributed by atoms with Gasteiger partial charge in [0.15, 0.2) is 0 Å². The second-order valence-corrected chi connectivity index (χ2v) is 4.88. The number of benzene rings is 1. The average molecular weight is 237 g/mol. The van der Waals surface area contributed by atoms with E-state index in [4.69, 9.17) is 0 Å². The highest BCUT2D eigenvalue weighted by atomic mass is 19.1. The monoisotopic (exact) mass is 237 g/mol. The van der Waals surface area contributed by atoms with E-state index in [1.165, 1.54) is 11.6 Å². The Balaban J connectivity index is 1.81. The highest BCUT2D eigenvalue weighted by Gasteiger charge is 2.23. The minimum atomic E-state index is -0.190. The van der Waals surface area contributed by atoms with Crippen LogP contribution in [0.4, 0.5) is 4.39 Å². The van der Waals surface area contributed by atoms with E-state index in [-0.39, 0.29) is 18.0 Å². The summed E-state index contributed by atoms with van der Waals surface area (Å²) in [4.78, 5) is 0. The predicted octanol–water partition coefficient (Wildman–Crippen LogP) is 2.18. The molecule has 1 aliphatic carbocycles. The molecule has 1 aromatic carbocycles. The SMILES string of the molecule is Cc1cc(F)ccc1CCN[C@@H]1CCC[C@H]1O. The summed E-state index contributed by atoms with van der Waals surface area (Å²) in [5, 5.41) is 13.0. The van der Waals surface area contributed by atoms with Gasteiger partial charge in [0, 0.05) is 6.04 Å². The second kappa shape index (κ2) is 5.61. The zero-order valence-electron chi connectivity index (χ0n) is 10.2. The van der Waals surface area contributed by atoms with Crippen molar-refractivity contribution in [3.63, 3.8) is 0 Å². The number of hydrogen-bond donors (Lipinski definition) is 2. The van der Waals surface area contributed by atoms with Crippen LogP contribution in [0.1, 0.15) is 30.4 Å². The first-order valence-corrected chi connectivity index (χ1v) is 6.33. The van der Waals surface area contributed by atoms with Crippen molar-refractivity contribution in [1.82, 2.24) is 5.32 Å². The fourth-order valence-corrected chi connectivity index (χ4v) is 2.51. The number of rotatable bonds is 4. The smallest absolute Gasteiger partial charge is 0.123 e. The van der Waals surface area contributed by atoms with E-state index in [1.807, 2.05) is 13.0 Å². The fraction of sp³-hybridized carbons (Fsp3) is 0.571. The Kier molecular flexibility index (Phi) is 4.13. The zero-order valence-corrected chi connectivity index (χ0v) is 10.2. The van der Waals surface area contributed by atoms with Crippen LogP contribution in [0, 0.1) is 12.7 Å².